The lowest BCUT2D eigenvalue weighted by atomic mass is 10.1. The van der Waals surface area contributed by atoms with Crippen LogP contribution in [0.2, 0.25) is 0 Å². The van der Waals surface area contributed by atoms with E-state index < -0.39 is 97.5 Å². The van der Waals surface area contributed by atoms with Crippen LogP contribution in [0.4, 0.5) is 0 Å². The van der Waals surface area contributed by atoms with E-state index in [2.05, 4.69) is 174 Å². The molecule has 0 bridgehead atoms. The Hall–Kier alpha value is -5.06. The second-order valence-corrected chi connectivity index (χ2v) is 27.7. The Balaban J connectivity index is 5.41. The molecule has 0 radical (unpaired) electrons. The van der Waals surface area contributed by atoms with Gasteiger partial charge in [0.25, 0.3) is 0 Å². The van der Waals surface area contributed by atoms with Crippen LogP contribution in [0.1, 0.15) is 285 Å². The van der Waals surface area contributed by atoms with Gasteiger partial charge in [0, 0.05) is 25.7 Å². The number of hydrogen-bond donors (Lipinski definition) is 3. The summed E-state index contributed by atoms with van der Waals surface area (Å²) in [4.78, 5) is 72.8. The second-order valence-electron chi connectivity index (χ2n) is 24.8. The van der Waals surface area contributed by atoms with Crippen LogP contribution in [0.15, 0.2) is 146 Å². The zero-order valence-corrected chi connectivity index (χ0v) is 63.9. The van der Waals surface area contributed by atoms with E-state index in [0.717, 1.165) is 161 Å². The molecule has 0 spiro atoms. The van der Waals surface area contributed by atoms with Crippen molar-refractivity contribution in [1.82, 2.24) is 0 Å². The van der Waals surface area contributed by atoms with Crippen molar-refractivity contribution in [2.75, 3.05) is 39.6 Å². The monoisotopic (exact) mass is 1440 g/mol. The molecule has 0 aliphatic heterocycles. The van der Waals surface area contributed by atoms with Gasteiger partial charge in [-0.2, -0.15) is 0 Å². The number of rotatable bonds is 70. The summed E-state index contributed by atoms with van der Waals surface area (Å²) in [6.07, 6.45) is 81.3. The molecule has 0 aliphatic rings. The van der Waals surface area contributed by atoms with Gasteiger partial charge in [0.1, 0.15) is 19.3 Å². The Morgan fingerprint density at radius 2 is 0.520 bits per heavy atom. The van der Waals surface area contributed by atoms with E-state index in [1.807, 2.05) is 0 Å². The van der Waals surface area contributed by atoms with E-state index in [-0.39, 0.29) is 25.7 Å². The number of carbonyl (C=O) groups is 4. The van der Waals surface area contributed by atoms with Crippen molar-refractivity contribution in [3.8, 4) is 0 Å². The number of phosphoric ester groups is 2. The van der Waals surface area contributed by atoms with Crippen LogP contribution in [-0.2, 0) is 65.4 Å². The van der Waals surface area contributed by atoms with Crippen molar-refractivity contribution < 1.29 is 80.2 Å². The third-order valence-corrected chi connectivity index (χ3v) is 17.2. The molecule has 0 aromatic heterocycles. The number of carbonyl (C=O) groups excluding carboxylic acids is 4. The number of esters is 4. The molecular weight excluding hydrogens is 1310 g/mol. The lowest BCUT2D eigenvalue weighted by Gasteiger charge is -2.21. The molecule has 5 unspecified atom stereocenters. The first kappa shape index (κ1) is 94.9. The molecule has 19 heteroatoms. The molecule has 100 heavy (non-hydrogen) atoms. The second kappa shape index (κ2) is 72.3. The number of phosphoric acid groups is 2. The first-order chi connectivity index (χ1) is 48.7. The van der Waals surface area contributed by atoms with E-state index in [9.17, 15) is 43.2 Å². The van der Waals surface area contributed by atoms with Crippen LogP contribution in [0.5, 0.6) is 0 Å². The van der Waals surface area contributed by atoms with Crippen LogP contribution in [-0.4, -0.2) is 96.7 Å². The minimum atomic E-state index is -5.00. The summed E-state index contributed by atoms with van der Waals surface area (Å²) in [6, 6.07) is 0. The number of unbranched alkanes of at least 4 members (excludes halogenated alkanes) is 20. The van der Waals surface area contributed by atoms with Gasteiger partial charge in [-0.25, -0.2) is 9.13 Å². The van der Waals surface area contributed by atoms with E-state index in [4.69, 9.17) is 37.0 Å². The lowest BCUT2D eigenvalue weighted by Crippen LogP contribution is -2.30. The van der Waals surface area contributed by atoms with Crippen LogP contribution < -0.4 is 0 Å². The molecule has 3 N–H and O–H groups in total. The van der Waals surface area contributed by atoms with Crippen LogP contribution in [0.3, 0.4) is 0 Å². The number of hydrogen-bond acceptors (Lipinski definition) is 15. The minimum Gasteiger partial charge on any atom is -0.462 e. The number of ether oxygens (including phenoxy) is 4. The predicted octanol–water partition coefficient (Wildman–Crippen LogP) is 21.9. The summed E-state index contributed by atoms with van der Waals surface area (Å²) in [5.74, 6) is -2.28. The Labute approximate surface area is 605 Å². The quantitative estimate of drug-likeness (QED) is 0.0169. The zero-order chi connectivity index (χ0) is 73.2. The van der Waals surface area contributed by atoms with Crippen LogP contribution in [0, 0.1) is 0 Å². The highest BCUT2D eigenvalue weighted by Gasteiger charge is 2.30. The molecule has 0 saturated carbocycles. The van der Waals surface area contributed by atoms with Crippen molar-refractivity contribution in [2.45, 2.75) is 303 Å². The van der Waals surface area contributed by atoms with Gasteiger partial charge in [0.2, 0.25) is 0 Å². The maximum atomic E-state index is 13.1. The molecule has 0 aromatic rings. The minimum absolute atomic E-state index is 0.0305. The van der Waals surface area contributed by atoms with Gasteiger partial charge in [0.15, 0.2) is 12.2 Å². The first-order valence-corrected chi connectivity index (χ1v) is 41.1. The van der Waals surface area contributed by atoms with Gasteiger partial charge >= 0.3 is 39.5 Å². The SMILES string of the molecule is CC/C=C\C/C=C\C/C=C\C/C=C\C/C=C\CCCCCC(=O)OCC(COP(=O)(O)OCC(O)COP(=O)(O)OCC(COC(=O)CCCCCCC/C=C\C/C=C\C/C=C\CC)OC(=O)CCCCCCCCCCCCC)OC(=O)CCCC/C=C\C/C=C\C/C=C\C/C=C\CC. The Kier molecular flexibility index (Phi) is 68.6. The summed E-state index contributed by atoms with van der Waals surface area (Å²) in [7, 11) is -9.98. The maximum Gasteiger partial charge on any atom is 0.472 e. The molecule has 5 atom stereocenters. The van der Waals surface area contributed by atoms with E-state index in [1.165, 1.54) is 38.5 Å². The third kappa shape index (κ3) is 71.3. The molecule has 0 fully saturated rings. The highest BCUT2D eigenvalue weighted by atomic mass is 31.2. The van der Waals surface area contributed by atoms with Gasteiger partial charge < -0.3 is 33.8 Å². The van der Waals surface area contributed by atoms with E-state index in [1.54, 1.807) is 0 Å². The maximum absolute atomic E-state index is 13.1. The van der Waals surface area contributed by atoms with E-state index >= 15 is 0 Å². The summed E-state index contributed by atoms with van der Waals surface area (Å²) in [5, 5.41) is 10.6. The summed E-state index contributed by atoms with van der Waals surface area (Å²) < 4.78 is 68.4. The Morgan fingerprint density at radius 3 is 0.830 bits per heavy atom. The van der Waals surface area contributed by atoms with Crippen molar-refractivity contribution in [3.63, 3.8) is 0 Å². The highest BCUT2D eigenvalue weighted by molar-refractivity contribution is 7.47. The smallest absolute Gasteiger partial charge is 0.462 e. The fraction of sp³-hybridized carbons (Fsp3) is 0.654. The van der Waals surface area contributed by atoms with E-state index in [0.29, 0.717) is 32.1 Å². The van der Waals surface area contributed by atoms with Gasteiger partial charge in [-0.1, -0.05) is 263 Å². The largest absolute Gasteiger partial charge is 0.472 e. The molecule has 570 valence electrons. The first-order valence-electron chi connectivity index (χ1n) is 38.1. The third-order valence-electron chi connectivity index (χ3n) is 15.3. The number of aliphatic hydroxyl groups excluding tert-OH is 1. The topological polar surface area (TPSA) is 237 Å². The lowest BCUT2D eigenvalue weighted by molar-refractivity contribution is -0.161. The fourth-order valence-electron chi connectivity index (χ4n) is 9.60. The molecule has 17 nitrogen and oxygen atoms in total. The highest BCUT2D eigenvalue weighted by Crippen LogP contribution is 2.45. The van der Waals surface area contributed by atoms with Gasteiger partial charge in [-0.3, -0.25) is 37.3 Å². The fourth-order valence-corrected chi connectivity index (χ4v) is 11.2. The van der Waals surface area contributed by atoms with Crippen molar-refractivity contribution in [3.05, 3.63) is 146 Å². The zero-order valence-electron chi connectivity index (χ0n) is 62.1. The van der Waals surface area contributed by atoms with Gasteiger partial charge in [-0.15, -0.1) is 0 Å². The van der Waals surface area contributed by atoms with Crippen LogP contribution >= 0.6 is 15.6 Å². The van der Waals surface area contributed by atoms with Crippen molar-refractivity contribution >= 4 is 39.5 Å². The van der Waals surface area contributed by atoms with Crippen molar-refractivity contribution in [2.24, 2.45) is 0 Å². The predicted molar refractivity (Wildman–Crippen MR) is 408 cm³/mol. The number of aliphatic hydroxyl groups is 1. The van der Waals surface area contributed by atoms with Crippen LogP contribution in [0.25, 0.3) is 0 Å². The Morgan fingerprint density at radius 1 is 0.290 bits per heavy atom. The molecule has 0 amide bonds. The Bertz CT molecular complexity index is 2470. The molecule has 0 saturated heterocycles. The van der Waals surface area contributed by atoms with Crippen molar-refractivity contribution in [1.29, 1.82) is 0 Å². The summed E-state index contributed by atoms with van der Waals surface area (Å²) >= 11 is 0. The number of allylic oxidation sites excluding steroid dienone is 24. The normalized spacial score (nSPS) is 14.8. The molecule has 0 aliphatic carbocycles. The summed E-state index contributed by atoms with van der Waals surface area (Å²) in [5.41, 5.74) is 0. The van der Waals surface area contributed by atoms with Gasteiger partial charge in [-0.05, 0) is 141 Å². The average molecular weight is 1440 g/mol. The summed E-state index contributed by atoms with van der Waals surface area (Å²) in [6.45, 7) is 4.41. The average Bonchev–Trinajstić information content (AvgIpc) is 0.985. The van der Waals surface area contributed by atoms with Gasteiger partial charge in [0.05, 0.1) is 26.4 Å². The standard InChI is InChI=1S/C81H134O17P2/c1-5-9-13-17-21-25-29-32-35-36-37-38-41-43-47-50-54-58-62-66-79(84)92-72-77(98-81(86)68-64-60-56-52-48-44-40-34-31-27-23-19-15-11-7-3)74-96-100(89,90)94-70-75(82)69-93-99(87,88)95-73-76(97-80(85)67-63-59-55-51-45-28-24-20-16-12-8-4)71-91-78(83)65-61-57-53-49-46-42-39-33-30-26-22-18-14-10-6-2/h9-11,13-15,21-23,25-27,32-35,37-40,43,47-48,52,75-77,82H,5-8,12,16-20,24,28-31,36,41-42,44-46,49-51,53-74H2,1-4H3,(H,87,88)(H,89,90)/b13-9-,14-10-,15-11-,25-21-,26-22-,27-23-,35-32-,38-37-,39-33-,40-34-,47-43-,52-48-. The molecule has 0 aromatic carbocycles. The molecular formula is C81H134O17P2. The molecule has 0 heterocycles. The molecule has 0 rings (SSSR count).